The third kappa shape index (κ3) is 5.25. The van der Waals surface area contributed by atoms with E-state index in [-0.39, 0.29) is 22.1 Å². The minimum absolute atomic E-state index is 0.0769. The van der Waals surface area contributed by atoms with E-state index in [9.17, 15) is 13.2 Å². The van der Waals surface area contributed by atoms with Crippen LogP contribution in [0.25, 0.3) is 0 Å². The zero-order valence-corrected chi connectivity index (χ0v) is 18.4. The number of carbonyl (C=O) groups excluding carboxylic acids is 1. The molecular formula is C21H26N2O4S2. The Morgan fingerprint density at radius 3 is 2.48 bits per heavy atom. The van der Waals surface area contributed by atoms with Crippen molar-refractivity contribution in [3.63, 3.8) is 0 Å². The molecule has 1 amide bonds. The summed E-state index contributed by atoms with van der Waals surface area (Å²) >= 11 is 1.75. The van der Waals surface area contributed by atoms with Gasteiger partial charge in [-0.05, 0) is 24.3 Å². The molecule has 0 aromatic heterocycles. The molecule has 8 heteroatoms. The molecule has 0 radical (unpaired) electrons. The van der Waals surface area contributed by atoms with Gasteiger partial charge in [0.05, 0.1) is 17.1 Å². The molecule has 2 aromatic carbocycles. The van der Waals surface area contributed by atoms with Gasteiger partial charge in [0.25, 0.3) is 15.9 Å². The van der Waals surface area contributed by atoms with Crippen molar-refractivity contribution in [3.05, 3.63) is 54.6 Å². The molecule has 0 spiro atoms. The molecule has 0 unspecified atom stereocenters. The Labute approximate surface area is 176 Å². The number of benzene rings is 2. The van der Waals surface area contributed by atoms with Crippen molar-refractivity contribution in [2.24, 2.45) is 0 Å². The number of carbonyl (C=O) groups is 1. The SMILES string of the molecule is CC(C)(C)SCCNC(=O)[C@@H]1CN(S(=O)(=O)c2ccccc2)c2ccccc2O1. The van der Waals surface area contributed by atoms with Crippen LogP contribution in [0.15, 0.2) is 59.5 Å². The fourth-order valence-corrected chi connectivity index (χ4v) is 5.24. The van der Waals surface area contributed by atoms with Gasteiger partial charge in [0, 0.05) is 17.0 Å². The maximum absolute atomic E-state index is 13.2. The minimum atomic E-state index is -3.82. The first-order valence-electron chi connectivity index (χ1n) is 9.44. The van der Waals surface area contributed by atoms with E-state index >= 15 is 0 Å². The number of para-hydroxylation sites is 2. The van der Waals surface area contributed by atoms with Crippen molar-refractivity contribution in [1.82, 2.24) is 5.32 Å². The number of hydrogen-bond acceptors (Lipinski definition) is 5. The predicted octanol–water partition coefficient (Wildman–Crippen LogP) is 3.29. The van der Waals surface area contributed by atoms with Crippen molar-refractivity contribution in [2.75, 3.05) is 23.1 Å². The Morgan fingerprint density at radius 2 is 1.79 bits per heavy atom. The highest BCUT2D eigenvalue weighted by Gasteiger charge is 2.37. The molecule has 0 saturated heterocycles. The molecule has 1 atom stereocenters. The van der Waals surface area contributed by atoms with Crippen molar-refractivity contribution >= 4 is 33.4 Å². The highest BCUT2D eigenvalue weighted by molar-refractivity contribution is 8.00. The summed E-state index contributed by atoms with van der Waals surface area (Å²) in [6.45, 7) is 6.77. The van der Waals surface area contributed by atoms with Crippen LogP contribution in [0.5, 0.6) is 5.75 Å². The van der Waals surface area contributed by atoms with Crippen molar-refractivity contribution in [2.45, 2.75) is 36.5 Å². The highest BCUT2D eigenvalue weighted by Crippen LogP contribution is 2.36. The molecule has 1 aliphatic heterocycles. The number of fused-ring (bicyclic) bond motifs is 1. The van der Waals surface area contributed by atoms with E-state index in [1.165, 1.54) is 4.31 Å². The molecule has 0 bridgehead atoms. The predicted molar refractivity (Wildman–Crippen MR) is 117 cm³/mol. The second kappa shape index (κ2) is 8.67. The average molecular weight is 435 g/mol. The number of ether oxygens (including phenoxy) is 1. The van der Waals surface area contributed by atoms with Crippen LogP contribution in [0.2, 0.25) is 0 Å². The van der Waals surface area contributed by atoms with Crippen LogP contribution in [-0.4, -0.2) is 44.0 Å². The van der Waals surface area contributed by atoms with Crippen molar-refractivity contribution in [3.8, 4) is 5.75 Å². The normalized spacial score (nSPS) is 16.7. The number of amides is 1. The fraction of sp³-hybridized carbons (Fsp3) is 0.381. The Balaban J connectivity index is 1.79. The van der Waals surface area contributed by atoms with Gasteiger partial charge in [0.15, 0.2) is 6.10 Å². The van der Waals surface area contributed by atoms with Crippen molar-refractivity contribution < 1.29 is 17.9 Å². The maximum Gasteiger partial charge on any atom is 0.264 e. The first kappa shape index (κ1) is 21.5. The Morgan fingerprint density at radius 1 is 1.14 bits per heavy atom. The summed E-state index contributed by atoms with van der Waals surface area (Å²) in [7, 11) is -3.82. The van der Waals surface area contributed by atoms with Gasteiger partial charge < -0.3 is 10.1 Å². The maximum atomic E-state index is 13.2. The van der Waals surface area contributed by atoms with Gasteiger partial charge in [-0.2, -0.15) is 11.8 Å². The fourth-order valence-electron chi connectivity index (χ4n) is 2.93. The number of nitrogens with zero attached hydrogens (tertiary/aromatic N) is 1. The molecule has 3 rings (SSSR count). The summed E-state index contributed by atoms with van der Waals surface area (Å²) in [6.07, 6.45) is -0.914. The molecular weight excluding hydrogens is 408 g/mol. The first-order chi connectivity index (χ1) is 13.7. The zero-order chi connectivity index (χ0) is 21.1. The van der Waals surface area contributed by atoms with E-state index in [2.05, 4.69) is 26.1 Å². The van der Waals surface area contributed by atoms with Crippen LogP contribution in [0, 0.1) is 0 Å². The number of rotatable bonds is 6. The summed E-state index contributed by atoms with van der Waals surface area (Å²) in [5, 5.41) is 2.86. The van der Waals surface area contributed by atoms with E-state index < -0.39 is 16.1 Å². The molecule has 1 N–H and O–H groups in total. The minimum Gasteiger partial charge on any atom is -0.476 e. The molecule has 1 aliphatic rings. The number of nitrogens with one attached hydrogen (secondary N) is 1. The average Bonchev–Trinajstić information content (AvgIpc) is 2.70. The van der Waals surface area contributed by atoms with Gasteiger partial charge in [-0.25, -0.2) is 8.42 Å². The molecule has 29 heavy (non-hydrogen) atoms. The Bertz CT molecular complexity index is 956. The molecule has 0 aliphatic carbocycles. The quantitative estimate of drug-likeness (QED) is 0.706. The van der Waals surface area contributed by atoms with Gasteiger partial charge in [-0.3, -0.25) is 9.10 Å². The molecule has 0 fully saturated rings. The summed E-state index contributed by atoms with van der Waals surface area (Å²) in [6, 6.07) is 15.1. The van der Waals surface area contributed by atoms with E-state index in [4.69, 9.17) is 4.74 Å². The van der Waals surface area contributed by atoms with Crippen LogP contribution < -0.4 is 14.4 Å². The van der Waals surface area contributed by atoms with Gasteiger partial charge in [-0.1, -0.05) is 51.1 Å². The van der Waals surface area contributed by atoms with Gasteiger partial charge in [-0.15, -0.1) is 0 Å². The van der Waals surface area contributed by atoms with Crippen LogP contribution in [0.1, 0.15) is 20.8 Å². The molecule has 156 valence electrons. The zero-order valence-electron chi connectivity index (χ0n) is 16.8. The topological polar surface area (TPSA) is 75.7 Å². The molecule has 6 nitrogen and oxygen atoms in total. The van der Waals surface area contributed by atoms with Crippen molar-refractivity contribution in [1.29, 1.82) is 0 Å². The number of sulfonamides is 1. The standard InChI is InChI=1S/C21H26N2O4S2/c1-21(2,3)28-14-13-22-20(24)19-15-23(17-11-7-8-12-18(17)27-19)29(25,26)16-9-5-4-6-10-16/h4-12,19H,13-15H2,1-3H3,(H,22,24)/t19-/m0/s1. The lowest BCUT2D eigenvalue weighted by Crippen LogP contribution is -2.51. The van der Waals surface area contributed by atoms with E-state index in [0.717, 1.165) is 5.75 Å². The largest absolute Gasteiger partial charge is 0.476 e. The lowest BCUT2D eigenvalue weighted by Gasteiger charge is -2.34. The van der Waals surface area contributed by atoms with Crippen LogP contribution in [-0.2, 0) is 14.8 Å². The smallest absolute Gasteiger partial charge is 0.264 e. The lowest BCUT2D eigenvalue weighted by molar-refractivity contribution is -0.127. The molecule has 0 saturated carbocycles. The lowest BCUT2D eigenvalue weighted by atomic mass is 10.2. The number of thioether (sulfide) groups is 1. The van der Waals surface area contributed by atoms with Gasteiger partial charge in [0.2, 0.25) is 0 Å². The third-order valence-corrected chi connectivity index (χ3v) is 7.36. The van der Waals surface area contributed by atoms with Crippen LogP contribution in [0.4, 0.5) is 5.69 Å². The third-order valence-electron chi connectivity index (χ3n) is 4.29. The molecule has 2 aromatic rings. The summed E-state index contributed by atoms with van der Waals surface area (Å²) in [5.74, 6) is 0.828. The Hall–Kier alpha value is -2.19. The Kier molecular flexibility index (Phi) is 6.43. The van der Waals surface area contributed by atoms with E-state index in [0.29, 0.717) is 18.0 Å². The monoisotopic (exact) mass is 434 g/mol. The van der Waals surface area contributed by atoms with E-state index in [1.54, 1.807) is 66.4 Å². The second-order valence-electron chi connectivity index (χ2n) is 7.68. The van der Waals surface area contributed by atoms with Gasteiger partial charge in [0.1, 0.15) is 5.75 Å². The molecule has 1 heterocycles. The number of anilines is 1. The highest BCUT2D eigenvalue weighted by atomic mass is 32.2. The number of hydrogen-bond donors (Lipinski definition) is 1. The van der Waals surface area contributed by atoms with Crippen LogP contribution in [0.3, 0.4) is 0 Å². The summed E-state index contributed by atoms with van der Waals surface area (Å²) < 4.78 is 33.7. The first-order valence-corrected chi connectivity index (χ1v) is 11.9. The summed E-state index contributed by atoms with van der Waals surface area (Å²) in [5.41, 5.74) is 0.434. The second-order valence-corrected chi connectivity index (χ2v) is 11.5. The van der Waals surface area contributed by atoms with Crippen LogP contribution >= 0.6 is 11.8 Å². The van der Waals surface area contributed by atoms with E-state index in [1.807, 2.05) is 0 Å². The summed E-state index contributed by atoms with van der Waals surface area (Å²) in [4.78, 5) is 12.9. The van der Waals surface area contributed by atoms with Gasteiger partial charge >= 0.3 is 0 Å².